The predicted octanol–water partition coefficient (Wildman–Crippen LogP) is 1.90. The van der Waals surface area contributed by atoms with Gasteiger partial charge in [-0.3, -0.25) is 9.59 Å². The van der Waals surface area contributed by atoms with Crippen LogP contribution in [-0.2, 0) is 22.4 Å². The zero-order chi connectivity index (χ0) is 14.8. The molecule has 21 heavy (non-hydrogen) atoms. The molecular formula is C16H16N2O2S. The highest BCUT2D eigenvalue weighted by molar-refractivity contribution is 7.10. The number of nitrogens with zero attached hydrogens (tertiary/aromatic N) is 1. The summed E-state index contributed by atoms with van der Waals surface area (Å²) in [4.78, 5) is 27.0. The van der Waals surface area contributed by atoms with Gasteiger partial charge in [-0.05, 0) is 29.0 Å². The monoisotopic (exact) mass is 300 g/mol. The molecule has 108 valence electrons. The summed E-state index contributed by atoms with van der Waals surface area (Å²) in [7, 11) is 0. The maximum atomic E-state index is 12.5. The largest absolute Gasteiger partial charge is 0.368 e. The summed E-state index contributed by atoms with van der Waals surface area (Å²) in [6.07, 6.45) is 1.08. The highest BCUT2D eigenvalue weighted by Gasteiger charge is 2.34. The van der Waals surface area contributed by atoms with E-state index in [1.165, 1.54) is 0 Å². The van der Waals surface area contributed by atoms with Crippen molar-refractivity contribution in [3.8, 4) is 0 Å². The Hall–Kier alpha value is -2.14. The normalized spacial score (nSPS) is 17.3. The van der Waals surface area contributed by atoms with E-state index in [1.54, 1.807) is 16.2 Å². The Bertz CT molecular complexity index is 667. The lowest BCUT2D eigenvalue weighted by Gasteiger charge is -2.35. The fourth-order valence-electron chi connectivity index (χ4n) is 2.81. The summed E-state index contributed by atoms with van der Waals surface area (Å²) < 4.78 is 0. The summed E-state index contributed by atoms with van der Waals surface area (Å²) in [5.41, 5.74) is 7.51. The lowest BCUT2D eigenvalue weighted by molar-refractivity contribution is -0.139. The summed E-state index contributed by atoms with van der Waals surface area (Å²) >= 11 is 1.55. The molecule has 4 nitrogen and oxygen atoms in total. The lowest BCUT2D eigenvalue weighted by atomic mass is 9.92. The Morgan fingerprint density at radius 1 is 1.24 bits per heavy atom. The van der Waals surface area contributed by atoms with Crippen molar-refractivity contribution in [3.05, 3.63) is 57.8 Å². The third kappa shape index (κ3) is 2.69. The average Bonchev–Trinajstić information content (AvgIpc) is 2.98. The molecule has 1 unspecified atom stereocenters. The second-order valence-electron chi connectivity index (χ2n) is 5.10. The summed E-state index contributed by atoms with van der Waals surface area (Å²) in [5, 5.41) is 1.94. The van der Waals surface area contributed by atoms with Crippen molar-refractivity contribution in [2.24, 2.45) is 5.73 Å². The number of carbonyl (C=O) groups excluding carboxylic acids is 2. The van der Waals surface area contributed by atoms with Crippen LogP contribution in [-0.4, -0.2) is 23.3 Å². The van der Waals surface area contributed by atoms with Gasteiger partial charge in [-0.2, -0.15) is 0 Å². The van der Waals surface area contributed by atoms with Crippen LogP contribution in [0.5, 0.6) is 0 Å². The maximum Gasteiger partial charge on any atom is 0.244 e. The van der Waals surface area contributed by atoms with E-state index < -0.39 is 11.9 Å². The molecule has 2 aromatic rings. The summed E-state index contributed by atoms with van der Waals surface area (Å²) in [5.74, 6) is -0.516. The van der Waals surface area contributed by atoms with Crippen LogP contribution in [0.4, 0.5) is 0 Å². The molecule has 1 aromatic carbocycles. The number of carbonyl (C=O) groups is 2. The van der Waals surface area contributed by atoms with Gasteiger partial charge in [-0.15, -0.1) is 11.3 Å². The molecule has 3 rings (SSSR count). The van der Waals surface area contributed by atoms with Crippen LogP contribution in [0.15, 0.2) is 41.8 Å². The maximum absolute atomic E-state index is 12.5. The third-order valence-corrected chi connectivity index (χ3v) is 4.66. The van der Waals surface area contributed by atoms with Gasteiger partial charge in [-0.25, -0.2) is 0 Å². The second kappa shape index (κ2) is 5.69. The first-order chi connectivity index (χ1) is 10.2. The van der Waals surface area contributed by atoms with E-state index in [-0.39, 0.29) is 5.91 Å². The molecule has 0 saturated carbocycles. The molecule has 2 N–H and O–H groups in total. The summed E-state index contributed by atoms with van der Waals surface area (Å²) in [6, 6.07) is 10.9. The molecule has 0 aliphatic carbocycles. The molecule has 5 heteroatoms. The molecule has 0 fully saturated rings. The smallest absolute Gasteiger partial charge is 0.244 e. The number of fused-ring (bicyclic) bond motifs is 1. The van der Waals surface area contributed by atoms with Gasteiger partial charge in [0.2, 0.25) is 11.8 Å². The number of primary amides is 1. The van der Waals surface area contributed by atoms with Crippen LogP contribution in [0, 0.1) is 0 Å². The Balaban J connectivity index is 1.88. The van der Waals surface area contributed by atoms with Gasteiger partial charge in [-0.1, -0.05) is 30.3 Å². The predicted molar refractivity (Wildman–Crippen MR) is 81.8 cm³/mol. The van der Waals surface area contributed by atoms with E-state index in [1.807, 2.05) is 41.8 Å². The zero-order valence-electron chi connectivity index (χ0n) is 11.5. The van der Waals surface area contributed by atoms with Gasteiger partial charge < -0.3 is 10.6 Å². The van der Waals surface area contributed by atoms with Crippen molar-refractivity contribution in [3.63, 3.8) is 0 Å². The molecule has 1 aliphatic heterocycles. The topological polar surface area (TPSA) is 63.4 Å². The number of thiophene rings is 1. The minimum Gasteiger partial charge on any atom is -0.368 e. The van der Waals surface area contributed by atoms with Gasteiger partial charge in [0.15, 0.2) is 0 Å². The molecule has 0 bridgehead atoms. The third-order valence-electron chi connectivity index (χ3n) is 3.78. The van der Waals surface area contributed by atoms with E-state index >= 15 is 0 Å². The van der Waals surface area contributed by atoms with E-state index in [2.05, 4.69) is 0 Å². The Morgan fingerprint density at radius 3 is 2.76 bits per heavy atom. The minimum absolute atomic E-state index is 0.0456. The number of nitrogens with two attached hydrogens (primary N) is 1. The number of amides is 2. The van der Waals surface area contributed by atoms with E-state index in [4.69, 9.17) is 5.73 Å². The number of rotatable bonds is 3. The molecule has 1 atom stereocenters. The first-order valence-electron chi connectivity index (χ1n) is 6.86. The molecule has 0 radical (unpaired) electrons. The summed E-state index contributed by atoms with van der Waals surface area (Å²) in [6.45, 7) is 0.537. The lowest BCUT2D eigenvalue weighted by Crippen LogP contribution is -2.46. The first kappa shape index (κ1) is 13.8. The van der Waals surface area contributed by atoms with Crippen LogP contribution in [0.3, 0.4) is 0 Å². The van der Waals surface area contributed by atoms with Crippen LogP contribution < -0.4 is 5.73 Å². The highest BCUT2D eigenvalue weighted by Crippen LogP contribution is 2.30. The molecule has 2 amide bonds. The molecule has 0 saturated heterocycles. The second-order valence-corrected chi connectivity index (χ2v) is 6.13. The van der Waals surface area contributed by atoms with E-state index in [9.17, 15) is 9.59 Å². The number of hydrogen-bond acceptors (Lipinski definition) is 3. The SMILES string of the molecule is NC(=O)C1c2ccccc2CCN1C(=O)Cc1cccs1. The van der Waals surface area contributed by atoms with Crippen molar-refractivity contribution in [2.45, 2.75) is 18.9 Å². The van der Waals surface area contributed by atoms with Gasteiger partial charge in [0.1, 0.15) is 6.04 Å². The van der Waals surface area contributed by atoms with Crippen molar-refractivity contribution in [1.82, 2.24) is 4.90 Å². The Labute approximate surface area is 127 Å². The molecule has 1 aliphatic rings. The fourth-order valence-corrected chi connectivity index (χ4v) is 3.50. The highest BCUT2D eigenvalue weighted by atomic mass is 32.1. The van der Waals surface area contributed by atoms with E-state index in [0.717, 1.165) is 22.4 Å². The first-order valence-corrected chi connectivity index (χ1v) is 7.74. The van der Waals surface area contributed by atoms with E-state index in [0.29, 0.717) is 13.0 Å². The van der Waals surface area contributed by atoms with Crippen molar-refractivity contribution in [2.75, 3.05) is 6.54 Å². The molecule has 2 heterocycles. The molecule has 0 spiro atoms. The molecule has 1 aromatic heterocycles. The fraction of sp³-hybridized carbons (Fsp3) is 0.250. The average molecular weight is 300 g/mol. The Kier molecular flexibility index (Phi) is 3.75. The van der Waals surface area contributed by atoms with Crippen LogP contribution in [0.25, 0.3) is 0 Å². The number of hydrogen-bond donors (Lipinski definition) is 1. The van der Waals surface area contributed by atoms with Crippen molar-refractivity contribution < 1.29 is 9.59 Å². The standard InChI is InChI=1S/C16H16N2O2S/c17-16(20)15-13-6-2-1-4-11(13)7-8-18(15)14(19)10-12-5-3-9-21-12/h1-6,9,15H,7-8,10H2,(H2,17,20). The van der Waals surface area contributed by atoms with Gasteiger partial charge in [0, 0.05) is 11.4 Å². The quantitative estimate of drug-likeness (QED) is 0.941. The van der Waals surface area contributed by atoms with Crippen molar-refractivity contribution in [1.29, 1.82) is 0 Å². The van der Waals surface area contributed by atoms with Crippen LogP contribution in [0.1, 0.15) is 22.0 Å². The number of benzene rings is 1. The Morgan fingerprint density at radius 2 is 2.05 bits per heavy atom. The molecular weight excluding hydrogens is 284 g/mol. The minimum atomic E-state index is -0.651. The van der Waals surface area contributed by atoms with Gasteiger partial charge >= 0.3 is 0 Å². The van der Waals surface area contributed by atoms with Gasteiger partial charge in [0.25, 0.3) is 0 Å². The van der Waals surface area contributed by atoms with Crippen LogP contribution in [0.2, 0.25) is 0 Å². The van der Waals surface area contributed by atoms with Crippen molar-refractivity contribution >= 4 is 23.2 Å². The van der Waals surface area contributed by atoms with Gasteiger partial charge in [0.05, 0.1) is 6.42 Å². The zero-order valence-corrected chi connectivity index (χ0v) is 12.3. The van der Waals surface area contributed by atoms with Crippen LogP contribution >= 0.6 is 11.3 Å².